The van der Waals surface area contributed by atoms with Crippen molar-refractivity contribution in [3.63, 3.8) is 0 Å². The first-order valence-corrected chi connectivity index (χ1v) is 6.51. The lowest BCUT2D eigenvalue weighted by Crippen LogP contribution is -1.99. The number of allylic oxidation sites excluding steroid dienone is 2. The highest BCUT2D eigenvalue weighted by Gasteiger charge is 2.24. The average Bonchev–Trinajstić information content (AvgIpc) is 2.68. The molecule has 0 bridgehead atoms. The summed E-state index contributed by atoms with van der Waals surface area (Å²) in [5.41, 5.74) is 8.48. The van der Waals surface area contributed by atoms with Crippen LogP contribution in [0, 0.1) is 13.8 Å². The van der Waals surface area contributed by atoms with Gasteiger partial charge in [0.2, 0.25) is 0 Å². The van der Waals surface area contributed by atoms with E-state index in [0.717, 1.165) is 0 Å². The van der Waals surface area contributed by atoms with E-state index >= 15 is 0 Å². The van der Waals surface area contributed by atoms with Gasteiger partial charge in [-0.2, -0.15) is 0 Å². The lowest BCUT2D eigenvalue weighted by molar-refractivity contribution is 1.03. The van der Waals surface area contributed by atoms with E-state index in [1.165, 1.54) is 33.4 Å². The molecule has 0 heterocycles. The van der Waals surface area contributed by atoms with Crippen LogP contribution in [0.4, 0.5) is 0 Å². The lowest BCUT2D eigenvalue weighted by Gasteiger charge is -2.15. The molecule has 0 radical (unpaired) electrons. The van der Waals surface area contributed by atoms with Crippen molar-refractivity contribution in [1.29, 1.82) is 0 Å². The Morgan fingerprint density at radius 2 is 1.61 bits per heavy atom. The molecule has 1 aliphatic rings. The Labute approximate surface area is 109 Å². The van der Waals surface area contributed by atoms with Crippen molar-refractivity contribution in [2.24, 2.45) is 0 Å². The van der Waals surface area contributed by atoms with Gasteiger partial charge in [-0.25, -0.2) is 0 Å². The summed E-state index contributed by atoms with van der Waals surface area (Å²) < 4.78 is 0. The highest BCUT2D eigenvalue weighted by atomic mass is 14.3. The molecule has 0 saturated carbocycles. The topological polar surface area (TPSA) is 0 Å². The minimum absolute atomic E-state index is 0.432. The fraction of sp³-hybridized carbons (Fsp3) is 0.222. The Hall–Kier alpha value is -1.82. The van der Waals surface area contributed by atoms with Crippen LogP contribution in [-0.4, -0.2) is 0 Å². The third kappa shape index (κ3) is 1.69. The van der Waals surface area contributed by atoms with Crippen LogP contribution in [0.2, 0.25) is 0 Å². The number of rotatable bonds is 1. The van der Waals surface area contributed by atoms with Crippen LogP contribution in [0.25, 0.3) is 5.57 Å². The van der Waals surface area contributed by atoms with E-state index in [2.05, 4.69) is 69.3 Å². The first kappa shape index (κ1) is 11.3. The second-order valence-electron chi connectivity index (χ2n) is 5.28. The number of hydrogen-bond donors (Lipinski definition) is 0. The summed E-state index contributed by atoms with van der Waals surface area (Å²) in [6.07, 6.45) is 2.40. The molecular formula is C18H18. The molecule has 2 aromatic carbocycles. The maximum atomic E-state index is 2.40. The van der Waals surface area contributed by atoms with Gasteiger partial charge in [-0.1, -0.05) is 54.1 Å². The smallest absolute Gasteiger partial charge is 0.0284 e. The van der Waals surface area contributed by atoms with E-state index < -0.39 is 0 Å². The Kier molecular flexibility index (Phi) is 2.59. The Morgan fingerprint density at radius 1 is 0.889 bits per heavy atom. The summed E-state index contributed by atoms with van der Waals surface area (Å²) in [4.78, 5) is 0. The minimum atomic E-state index is 0.432. The molecule has 1 aliphatic carbocycles. The molecule has 0 amide bonds. The zero-order valence-corrected chi connectivity index (χ0v) is 11.2. The van der Waals surface area contributed by atoms with Crippen molar-refractivity contribution < 1.29 is 0 Å². The van der Waals surface area contributed by atoms with Gasteiger partial charge in [0.1, 0.15) is 0 Å². The van der Waals surface area contributed by atoms with Crippen LogP contribution >= 0.6 is 0 Å². The summed E-state index contributed by atoms with van der Waals surface area (Å²) in [7, 11) is 0. The summed E-state index contributed by atoms with van der Waals surface area (Å²) in [6, 6.07) is 15.4. The zero-order valence-electron chi connectivity index (χ0n) is 11.2. The lowest BCUT2D eigenvalue weighted by atomic mass is 9.89. The molecule has 0 aliphatic heterocycles. The molecule has 0 nitrogen and oxygen atoms in total. The molecule has 0 aromatic heterocycles. The summed E-state index contributed by atoms with van der Waals surface area (Å²) >= 11 is 0. The van der Waals surface area contributed by atoms with Gasteiger partial charge in [-0.15, -0.1) is 0 Å². The first-order chi connectivity index (χ1) is 8.66. The van der Waals surface area contributed by atoms with Gasteiger partial charge in [-0.05, 0) is 48.6 Å². The van der Waals surface area contributed by atoms with Gasteiger partial charge in [0.05, 0.1) is 0 Å². The fourth-order valence-electron chi connectivity index (χ4n) is 3.06. The van der Waals surface area contributed by atoms with Crippen LogP contribution in [0.1, 0.15) is 40.7 Å². The van der Waals surface area contributed by atoms with E-state index in [9.17, 15) is 0 Å². The largest absolute Gasteiger partial charge is 0.0691 e. The quantitative estimate of drug-likeness (QED) is 0.661. The van der Waals surface area contributed by atoms with Crippen molar-refractivity contribution in [2.45, 2.75) is 26.7 Å². The monoisotopic (exact) mass is 234 g/mol. The summed E-state index contributed by atoms with van der Waals surface area (Å²) in [5, 5.41) is 0. The van der Waals surface area contributed by atoms with Crippen LogP contribution in [0.15, 0.2) is 48.5 Å². The zero-order chi connectivity index (χ0) is 12.7. The van der Waals surface area contributed by atoms with Gasteiger partial charge >= 0.3 is 0 Å². The Balaban J connectivity index is 2.19. The van der Waals surface area contributed by atoms with Gasteiger partial charge < -0.3 is 0 Å². The Morgan fingerprint density at radius 3 is 2.33 bits per heavy atom. The van der Waals surface area contributed by atoms with Crippen LogP contribution in [0.5, 0.6) is 0 Å². The van der Waals surface area contributed by atoms with Gasteiger partial charge in [0.15, 0.2) is 0 Å². The number of aryl methyl sites for hydroxylation is 2. The molecule has 2 aromatic rings. The third-order valence-corrected chi connectivity index (χ3v) is 3.84. The molecule has 0 N–H and O–H groups in total. The molecule has 18 heavy (non-hydrogen) atoms. The fourth-order valence-corrected chi connectivity index (χ4v) is 3.06. The van der Waals surface area contributed by atoms with Crippen molar-refractivity contribution in [1.82, 2.24) is 0 Å². The van der Waals surface area contributed by atoms with Gasteiger partial charge in [0.25, 0.3) is 0 Å². The molecule has 0 saturated heterocycles. The van der Waals surface area contributed by atoms with Crippen molar-refractivity contribution in [3.8, 4) is 0 Å². The maximum Gasteiger partial charge on any atom is 0.0284 e. The molecule has 0 heteroatoms. The predicted molar refractivity (Wildman–Crippen MR) is 77.9 cm³/mol. The second-order valence-corrected chi connectivity index (χ2v) is 5.28. The summed E-state index contributed by atoms with van der Waals surface area (Å²) in [6.45, 7) is 6.63. The highest BCUT2D eigenvalue weighted by Crippen LogP contribution is 2.41. The maximum absolute atomic E-state index is 2.40. The van der Waals surface area contributed by atoms with Crippen LogP contribution in [-0.2, 0) is 0 Å². The molecule has 0 spiro atoms. The van der Waals surface area contributed by atoms with Crippen molar-refractivity contribution >= 4 is 5.57 Å². The van der Waals surface area contributed by atoms with Crippen LogP contribution < -0.4 is 0 Å². The Bertz CT molecular complexity index is 618. The molecular weight excluding hydrogens is 216 g/mol. The third-order valence-electron chi connectivity index (χ3n) is 3.84. The van der Waals surface area contributed by atoms with E-state index in [4.69, 9.17) is 0 Å². The molecule has 1 unspecified atom stereocenters. The number of fused-ring (bicyclic) bond motifs is 1. The average molecular weight is 234 g/mol. The van der Waals surface area contributed by atoms with Crippen molar-refractivity contribution in [2.75, 3.05) is 0 Å². The normalized spacial score (nSPS) is 17.5. The van der Waals surface area contributed by atoms with E-state index in [0.29, 0.717) is 5.92 Å². The molecule has 3 rings (SSSR count). The first-order valence-electron chi connectivity index (χ1n) is 6.51. The summed E-state index contributed by atoms with van der Waals surface area (Å²) in [5.74, 6) is 0.432. The molecule has 90 valence electrons. The van der Waals surface area contributed by atoms with Gasteiger partial charge in [-0.3, -0.25) is 0 Å². The highest BCUT2D eigenvalue weighted by molar-refractivity contribution is 5.76. The SMILES string of the molecule is CC1=CC(c2ccccc2)c2c(C)cc(C)cc21. The van der Waals surface area contributed by atoms with E-state index in [1.807, 2.05) is 0 Å². The van der Waals surface area contributed by atoms with Gasteiger partial charge in [0, 0.05) is 5.92 Å². The second kappa shape index (κ2) is 4.13. The van der Waals surface area contributed by atoms with E-state index in [-0.39, 0.29) is 0 Å². The predicted octanol–water partition coefficient (Wildman–Crippen LogP) is 4.85. The molecule has 0 fully saturated rings. The number of hydrogen-bond acceptors (Lipinski definition) is 0. The standard InChI is InChI=1S/C18H18/c1-12-9-14(3)18-16(10-12)13(2)11-17(18)15-7-5-4-6-8-15/h4-11,17H,1-3H3. The molecule has 1 atom stereocenters. The minimum Gasteiger partial charge on any atom is -0.0691 e. The van der Waals surface area contributed by atoms with Crippen molar-refractivity contribution in [3.05, 3.63) is 76.4 Å². The number of benzene rings is 2. The van der Waals surface area contributed by atoms with E-state index in [1.54, 1.807) is 0 Å². The van der Waals surface area contributed by atoms with Crippen LogP contribution in [0.3, 0.4) is 0 Å².